The van der Waals surface area contributed by atoms with E-state index < -0.39 is 0 Å². The molecule has 0 N–H and O–H groups in total. The fourth-order valence-electron chi connectivity index (χ4n) is 0.860. The van der Waals surface area contributed by atoms with Gasteiger partial charge in [-0.3, -0.25) is 0 Å². The van der Waals surface area contributed by atoms with Gasteiger partial charge in [0.1, 0.15) is 0 Å². The minimum Gasteiger partial charge on any atom is -0.466 e. The molecule has 2 nitrogen and oxygen atoms in total. The summed E-state index contributed by atoms with van der Waals surface area (Å²) in [6, 6.07) is 0. The zero-order chi connectivity index (χ0) is 8.10. The molecule has 1 aliphatic carbocycles. The molecular formula is C9H10O2. The second-order valence-corrected chi connectivity index (χ2v) is 2.20. The molecule has 0 aromatic carbocycles. The smallest absolute Gasteiger partial charge is 0.334 e. The summed E-state index contributed by atoms with van der Waals surface area (Å²) in [6.07, 6.45) is 9.97. The van der Waals surface area contributed by atoms with Crippen LogP contribution in [0.2, 0.25) is 0 Å². The molecule has 1 aliphatic rings. The first-order valence-electron chi connectivity index (χ1n) is 3.45. The highest BCUT2D eigenvalue weighted by atomic mass is 16.5. The molecule has 0 saturated heterocycles. The third kappa shape index (κ3) is 2.08. The van der Waals surface area contributed by atoms with Crippen LogP contribution >= 0.6 is 0 Å². The zero-order valence-corrected chi connectivity index (χ0v) is 6.41. The highest BCUT2D eigenvalue weighted by molar-refractivity contribution is 5.89. The van der Waals surface area contributed by atoms with Crippen molar-refractivity contribution in [3.05, 3.63) is 36.0 Å². The van der Waals surface area contributed by atoms with E-state index in [9.17, 15) is 4.79 Å². The van der Waals surface area contributed by atoms with E-state index in [1.54, 1.807) is 6.08 Å². The van der Waals surface area contributed by atoms with Crippen molar-refractivity contribution in [1.29, 1.82) is 0 Å². The van der Waals surface area contributed by atoms with Crippen LogP contribution in [-0.2, 0) is 9.53 Å². The Labute approximate surface area is 65.9 Å². The van der Waals surface area contributed by atoms with E-state index in [4.69, 9.17) is 0 Å². The van der Waals surface area contributed by atoms with Gasteiger partial charge in [-0.1, -0.05) is 30.4 Å². The van der Waals surface area contributed by atoms with Crippen molar-refractivity contribution < 1.29 is 9.53 Å². The highest BCUT2D eigenvalue weighted by Crippen LogP contribution is 2.07. The van der Waals surface area contributed by atoms with E-state index in [2.05, 4.69) is 4.74 Å². The van der Waals surface area contributed by atoms with Crippen LogP contribution in [0.3, 0.4) is 0 Å². The summed E-state index contributed by atoms with van der Waals surface area (Å²) in [5.74, 6) is -0.249. The predicted octanol–water partition coefficient (Wildman–Crippen LogP) is 1.60. The molecule has 0 bridgehead atoms. The van der Waals surface area contributed by atoms with Crippen LogP contribution < -0.4 is 0 Å². The molecule has 0 radical (unpaired) electrons. The minimum atomic E-state index is -0.249. The maximum atomic E-state index is 11.0. The van der Waals surface area contributed by atoms with Crippen LogP contribution in [0.4, 0.5) is 0 Å². The van der Waals surface area contributed by atoms with Crippen LogP contribution in [0.1, 0.15) is 6.42 Å². The summed E-state index contributed by atoms with van der Waals surface area (Å²) in [7, 11) is 1.39. The first-order chi connectivity index (χ1) is 5.34. The first-order valence-corrected chi connectivity index (χ1v) is 3.45. The van der Waals surface area contributed by atoms with Crippen molar-refractivity contribution in [3.8, 4) is 0 Å². The lowest BCUT2D eigenvalue weighted by Gasteiger charge is -1.98. The van der Waals surface area contributed by atoms with Gasteiger partial charge in [-0.2, -0.15) is 0 Å². The van der Waals surface area contributed by atoms with Gasteiger partial charge in [-0.25, -0.2) is 4.79 Å². The molecule has 0 atom stereocenters. The summed E-state index contributed by atoms with van der Waals surface area (Å²) in [5, 5.41) is 0. The van der Waals surface area contributed by atoms with Gasteiger partial charge < -0.3 is 4.74 Å². The number of hydrogen-bond donors (Lipinski definition) is 0. The van der Waals surface area contributed by atoms with E-state index >= 15 is 0 Å². The fourth-order valence-corrected chi connectivity index (χ4v) is 0.860. The summed E-state index contributed by atoms with van der Waals surface area (Å²) in [6.45, 7) is 0. The van der Waals surface area contributed by atoms with E-state index in [1.807, 2.05) is 24.3 Å². The number of methoxy groups -OCH3 is 1. The summed E-state index contributed by atoms with van der Waals surface area (Å²) in [5.41, 5.74) is 0.692. The van der Waals surface area contributed by atoms with E-state index in [1.165, 1.54) is 7.11 Å². The number of carbonyl (C=O) groups excluding carboxylic acids is 1. The largest absolute Gasteiger partial charge is 0.466 e. The summed E-state index contributed by atoms with van der Waals surface area (Å²) >= 11 is 0. The van der Waals surface area contributed by atoms with Crippen LogP contribution in [0.25, 0.3) is 0 Å². The standard InChI is InChI=1S/C9H10O2/c1-11-9(10)8-6-4-2-3-5-7-8/h2-6H,7H2,1H3. The molecule has 0 fully saturated rings. The Bertz CT molecular complexity index is 234. The van der Waals surface area contributed by atoms with Gasteiger partial charge in [0.25, 0.3) is 0 Å². The number of hydrogen-bond acceptors (Lipinski definition) is 2. The van der Waals surface area contributed by atoms with Gasteiger partial charge in [-0.05, 0) is 6.42 Å². The van der Waals surface area contributed by atoms with Gasteiger partial charge in [0, 0.05) is 5.57 Å². The van der Waals surface area contributed by atoms with Gasteiger partial charge in [0.15, 0.2) is 0 Å². The molecule has 0 aromatic heterocycles. The molecule has 11 heavy (non-hydrogen) atoms. The van der Waals surface area contributed by atoms with Gasteiger partial charge >= 0.3 is 5.97 Å². The lowest BCUT2D eigenvalue weighted by atomic mass is 10.2. The molecule has 0 spiro atoms. The Morgan fingerprint density at radius 3 is 3.00 bits per heavy atom. The third-order valence-electron chi connectivity index (χ3n) is 1.44. The number of ether oxygens (including phenoxy) is 1. The first kappa shape index (κ1) is 7.79. The average Bonchev–Trinajstić information content (AvgIpc) is 2.30. The van der Waals surface area contributed by atoms with Crippen molar-refractivity contribution in [2.45, 2.75) is 6.42 Å². The molecule has 2 heteroatoms. The van der Waals surface area contributed by atoms with Gasteiger partial charge in [0.2, 0.25) is 0 Å². The molecule has 1 rings (SSSR count). The van der Waals surface area contributed by atoms with Crippen LogP contribution in [0.5, 0.6) is 0 Å². The quantitative estimate of drug-likeness (QED) is 0.531. The molecule has 0 aliphatic heterocycles. The molecule has 0 heterocycles. The number of esters is 1. The summed E-state index contributed by atoms with van der Waals surface area (Å²) < 4.78 is 4.57. The van der Waals surface area contributed by atoms with E-state index in [0.717, 1.165) is 0 Å². The average molecular weight is 150 g/mol. The molecule has 0 saturated carbocycles. The molecule has 0 amide bonds. The maximum absolute atomic E-state index is 11.0. The zero-order valence-electron chi connectivity index (χ0n) is 6.41. The van der Waals surface area contributed by atoms with Crippen LogP contribution in [0.15, 0.2) is 36.0 Å². The third-order valence-corrected chi connectivity index (χ3v) is 1.44. The highest BCUT2D eigenvalue weighted by Gasteiger charge is 2.06. The summed E-state index contributed by atoms with van der Waals surface area (Å²) in [4.78, 5) is 11.0. The normalized spacial score (nSPS) is 15.5. The lowest BCUT2D eigenvalue weighted by molar-refractivity contribution is -0.136. The van der Waals surface area contributed by atoms with Crippen LogP contribution in [0, 0.1) is 0 Å². The van der Waals surface area contributed by atoms with Crippen LogP contribution in [-0.4, -0.2) is 13.1 Å². The van der Waals surface area contributed by atoms with Crippen molar-refractivity contribution in [1.82, 2.24) is 0 Å². The second kappa shape index (κ2) is 3.76. The maximum Gasteiger partial charge on any atom is 0.334 e. The van der Waals surface area contributed by atoms with E-state index in [-0.39, 0.29) is 5.97 Å². The van der Waals surface area contributed by atoms with Crippen molar-refractivity contribution in [2.75, 3.05) is 7.11 Å². The Morgan fingerprint density at radius 2 is 2.27 bits per heavy atom. The van der Waals surface area contributed by atoms with E-state index in [0.29, 0.717) is 12.0 Å². The van der Waals surface area contributed by atoms with Crippen molar-refractivity contribution in [3.63, 3.8) is 0 Å². The van der Waals surface area contributed by atoms with Crippen molar-refractivity contribution >= 4 is 5.97 Å². The Balaban J connectivity index is 2.72. The van der Waals surface area contributed by atoms with Gasteiger partial charge in [-0.15, -0.1) is 0 Å². The number of carbonyl (C=O) groups is 1. The number of rotatable bonds is 1. The Kier molecular flexibility index (Phi) is 2.66. The van der Waals surface area contributed by atoms with Gasteiger partial charge in [0.05, 0.1) is 7.11 Å². The minimum absolute atomic E-state index is 0.249. The predicted molar refractivity (Wildman–Crippen MR) is 43.0 cm³/mol. The number of allylic oxidation sites excluding steroid dienone is 5. The SMILES string of the molecule is COC(=O)C1=CC=CC=CC1. The fraction of sp³-hybridized carbons (Fsp3) is 0.222. The Hall–Kier alpha value is -1.31. The molecule has 0 unspecified atom stereocenters. The lowest BCUT2D eigenvalue weighted by Crippen LogP contribution is -2.03. The Morgan fingerprint density at radius 1 is 1.45 bits per heavy atom. The topological polar surface area (TPSA) is 26.3 Å². The molecular weight excluding hydrogens is 140 g/mol. The molecule has 0 aromatic rings. The monoisotopic (exact) mass is 150 g/mol. The second-order valence-electron chi connectivity index (χ2n) is 2.20. The van der Waals surface area contributed by atoms with Crippen molar-refractivity contribution in [2.24, 2.45) is 0 Å². The molecule has 58 valence electrons.